The molecule has 3 rings (SSSR count). The van der Waals surface area contributed by atoms with Crippen molar-refractivity contribution in [1.29, 1.82) is 0 Å². The Balaban J connectivity index is 2.00. The topological polar surface area (TPSA) is 43.8 Å². The normalized spacial score (nSPS) is 12.7. The average molecular weight is 344 g/mol. The van der Waals surface area contributed by atoms with Crippen molar-refractivity contribution in [3.63, 3.8) is 0 Å². The van der Waals surface area contributed by atoms with Gasteiger partial charge in [-0.15, -0.1) is 0 Å². The summed E-state index contributed by atoms with van der Waals surface area (Å²) in [4.78, 5) is 4.46. The maximum Gasteiger partial charge on any atom is 0.0648 e. The monoisotopic (exact) mass is 343 g/mol. The lowest BCUT2D eigenvalue weighted by atomic mass is 10.0. The van der Waals surface area contributed by atoms with Gasteiger partial charge >= 0.3 is 0 Å². The standard InChI is InChI=1S/C17H18BrN3/c1-12(19)9-14-4-2-3-13-7-8-21(17(13)14)11-16-6-5-15(18)10-20-16/h2-8,10,12H,9,11,19H2,1H3. The zero-order valence-electron chi connectivity index (χ0n) is 12.0. The Morgan fingerprint density at radius 2 is 2.10 bits per heavy atom. The molecule has 1 aromatic carbocycles. The highest BCUT2D eigenvalue weighted by Crippen LogP contribution is 2.22. The van der Waals surface area contributed by atoms with Crippen LogP contribution in [0.2, 0.25) is 0 Å². The van der Waals surface area contributed by atoms with Crippen molar-refractivity contribution in [2.24, 2.45) is 5.73 Å². The van der Waals surface area contributed by atoms with Crippen LogP contribution in [0.5, 0.6) is 0 Å². The van der Waals surface area contributed by atoms with Gasteiger partial charge in [-0.05, 0) is 58.4 Å². The predicted octanol–water partition coefficient (Wildman–Crippen LogP) is 3.74. The molecule has 0 aliphatic rings. The molecule has 0 saturated heterocycles. The molecule has 3 nitrogen and oxygen atoms in total. The second-order valence-corrected chi connectivity index (χ2v) is 6.36. The van der Waals surface area contributed by atoms with Crippen LogP contribution < -0.4 is 5.73 Å². The van der Waals surface area contributed by atoms with Crippen molar-refractivity contribution in [3.05, 3.63) is 64.5 Å². The quantitative estimate of drug-likeness (QED) is 0.784. The van der Waals surface area contributed by atoms with E-state index in [1.165, 1.54) is 16.5 Å². The Labute approximate surface area is 132 Å². The molecular formula is C17H18BrN3. The van der Waals surface area contributed by atoms with Crippen molar-refractivity contribution in [2.75, 3.05) is 0 Å². The number of rotatable bonds is 4. The van der Waals surface area contributed by atoms with Gasteiger partial charge in [0.15, 0.2) is 0 Å². The van der Waals surface area contributed by atoms with Gasteiger partial charge in [0.25, 0.3) is 0 Å². The summed E-state index contributed by atoms with van der Waals surface area (Å²) in [6.45, 7) is 2.81. The van der Waals surface area contributed by atoms with E-state index in [0.29, 0.717) is 0 Å². The van der Waals surface area contributed by atoms with Crippen molar-refractivity contribution in [1.82, 2.24) is 9.55 Å². The van der Waals surface area contributed by atoms with E-state index in [-0.39, 0.29) is 6.04 Å². The first-order valence-corrected chi connectivity index (χ1v) is 7.85. The number of nitrogens with zero attached hydrogens (tertiary/aromatic N) is 2. The van der Waals surface area contributed by atoms with Crippen molar-refractivity contribution in [3.8, 4) is 0 Å². The first kappa shape index (κ1) is 14.3. The number of nitrogens with two attached hydrogens (primary N) is 1. The summed E-state index contributed by atoms with van der Waals surface area (Å²) in [5.74, 6) is 0. The van der Waals surface area contributed by atoms with Crippen LogP contribution in [0.1, 0.15) is 18.2 Å². The third-order valence-corrected chi connectivity index (χ3v) is 4.00. The highest BCUT2D eigenvalue weighted by atomic mass is 79.9. The minimum Gasteiger partial charge on any atom is -0.341 e. The van der Waals surface area contributed by atoms with Gasteiger partial charge in [0, 0.05) is 22.9 Å². The number of benzene rings is 1. The maximum absolute atomic E-state index is 5.98. The van der Waals surface area contributed by atoms with Crippen molar-refractivity contribution < 1.29 is 0 Å². The summed E-state index contributed by atoms with van der Waals surface area (Å²) in [6, 6.07) is 12.8. The SMILES string of the molecule is CC(N)Cc1cccc2ccn(Cc3ccc(Br)cn3)c12. The molecule has 1 unspecified atom stereocenters. The molecule has 2 heterocycles. The molecule has 0 saturated carbocycles. The number of pyridine rings is 1. The lowest BCUT2D eigenvalue weighted by Crippen LogP contribution is -2.18. The second kappa shape index (κ2) is 6.00. The van der Waals surface area contributed by atoms with Crippen LogP contribution in [0.15, 0.2) is 53.3 Å². The number of para-hydroxylation sites is 1. The Morgan fingerprint density at radius 3 is 2.81 bits per heavy atom. The molecule has 0 bridgehead atoms. The molecule has 1 atom stereocenters. The number of fused-ring (bicyclic) bond motifs is 1. The van der Waals surface area contributed by atoms with Gasteiger partial charge < -0.3 is 10.3 Å². The number of hydrogen-bond acceptors (Lipinski definition) is 2. The zero-order chi connectivity index (χ0) is 14.8. The molecule has 3 aromatic rings. The van der Waals surface area contributed by atoms with Gasteiger partial charge in [0.05, 0.1) is 17.8 Å². The van der Waals surface area contributed by atoms with E-state index in [0.717, 1.165) is 23.1 Å². The predicted molar refractivity (Wildman–Crippen MR) is 90.3 cm³/mol. The molecule has 4 heteroatoms. The molecule has 0 aliphatic carbocycles. The summed E-state index contributed by atoms with van der Waals surface area (Å²) in [5, 5.41) is 1.25. The van der Waals surface area contributed by atoms with Gasteiger partial charge in [0.2, 0.25) is 0 Å². The summed E-state index contributed by atoms with van der Waals surface area (Å²) >= 11 is 3.42. The third kappa shape index (κ3) is 3.17. The molecule has 0 radical (unpaired) electrons. The Morgan fingerprint density at radius 1 is 1.24 bits per heavy atom. The number of aromatic nitrogens is 2. The van der Waals surface area contributed by atoms with Crippen LogP contribution in [0.25, 0.3) is 10.9 Å². The summed E-state index contributed by atoms with van der Waals surface area (Å²) < 4.78 is 3.25. The Bertz CT molecular complexity index is 744. The van der Waals surface area contributed by atoms with Crippen molar-refractivity contribution in [2.45, 2.75) is 25.9 Å². The van der Waals surface area contributed by atoms with Crippen LogP contribution in [0.3, 0.4) is 0 Å². The molecule has 0 spiro atoms. The Hall–Kier alpha value is -1.65. The smallest absolute Gasteiger partial charge is 0.0648 e. The second-order valence-electron chi connectivity index (χ2n) is 5.45. The fourth-order valence-electron chi connectivity index (χ4n) is 2.66. The summed E-state index contributed by atoms with van der Waals surface area (Å²) in [7, 11) is 0. The molecule has 2 aromatic heterocycles. The van der Waals surface area contributed by atoms with Gasteiger partial charge in [-0.1, -0.05) is 18.2 Å². The van der Waals surface area contributed by atoms with Crippen molar-refractivity contribution >= 4 is 26.8 Å². The van der Waals surface area contributed by atoms with E-state index in [9.17, 15) is 0 Å². The fourth-order valence-corrected chi connectivity index (χ4v) is 2.89. The molecule has 108 valence electrons. The first-order chi connectivity index (χ1) is 10.1. The lowest BCUT2D eigenvalue weighted by Gasteiger charge is -2.11. The molecule has 0 aliphatic heterocycles. The van der Waals surface area contributed by atoms with E-state index in [1.54, 1.807) is 0 Å². The van der Waals surface area contributed by atoms with Gasteiger partial charge in [0.1, 0.15) is 0 Å². The van der Waals surface area contributed by atoms with E-state index in [1.807, 2.05) is 25.3 Å². The van der Waals surface area contributed by atoms with E-state index < -0.39 is 0 Å². The lowest BCUT2D eigenvalue weighted by molar-refractivity contribution is 0.733. The van der Waals surface area contributed by atoms with Crippen LogP contribution in [0.4, 0.5) is 0 Å². The largest absolute Gasteiger partial charge is 0.341 e. The van der Waals surface area contributed by atoms with Gasteiger partial charge in [-0.25, -0.2) is 0 Å². The molecule has 21 heavy (non-hydrogen) atoms. The summed E-state index contributed by atoms with van der Waals surface area (Å²) in [6.07, 6.45) is 4.85. The maximum atomic E-state index is 5.98. The molecule has 0 fully saturated rings. The highest BCUT2D eigenvalue weighted by molar-refractivity contribution is 9.10. The van der Waals surface area contributed by atoms with Crippen LogP contribution in [-0.2, 0) is 13.0 Å². The van der Waals surface area contributed by atoms with Crippen LogP contribution in [-0.4, -0.2) is 15.6 Å². The van der Waals surface area contributed by atoms with Crippen LogP contribution >= 0.6 is 15.9 Å². The number of hydrogen-bond donors (Lipinski definition) is 1. The molecule has 2 N–H and O–H groups in total. The zero-order valence-corrected chi connectivity index (χ0v) is 13.5. The van der Waals surface area contributed by atoms with Gasteiger partial charge in [-0.2, -0.15) is 0 Å². The Kier molecular flexibility index (Phi) is 4.08. The van der Waals surface area contributed by atoms with E-state index in [4.69, 9.17) is 5.73 Å². The minimum absolute atomic E-state index is 0.157. The van der Waals surface area contributed by atoms with E-state index >= 15 is 0 Å². The number of halogens is 1. The summed E-state index contributed by atoms with van der Waals surface area (Å²) in [5.41, 5.74) is 9.58. The molecular weight excluding hydrogens is 326 g/mol. The third-order valence-electron chi connectivity index (χ3n) is 3.53. The van der Waals surface area contributed by atoms with Gasteiger partial charge in [-0.3, -0.25) is 4.98 Å². The first-order valence-electron chi connectivity index (χ1n) is 7.06. The fraction of sp³-hybridized carbons (Fsp3) is 0.235. The molecule has 0 amide bonds. The minimum atomic E-state index is 0.157. The van der Waals surface area contributed by atoms with E-state index in [2.05, 4.69) is 55.9 Å². The van der Waals surface area contributed by atoms with Crippen LogP contribution in [0, 0.1) is 0 Å². The average Bonchev–Trinajstić information content (AvgIpc) is 2.85. The highest BCUT2D eigenvalue weighted by Gasteiger charge is 2.09.